The SMILES string of the molecule is Cc1cc(Cl)cc(C)c1OCc1ccc(N)cc1F. The topological polar surface area (TPSA) is 35.2 Å². The Morgan fingerprint density at radius 3 is 2.37 bits per heavy atom. The molecule has 0 spiro atoms. The van der Waals surface area contributed by atoms with Crippen LogP contribution in [0.1, 0.15) is 16.7 Å². The lowest BCUT2D eigenvalue weighted by molar-refractivity contribution is 0.296. The summed E-state index contributed by atoms with van der Waals surface area (Å²) in [6.07, 6.45) is 0. The van der Waals surface area contributed by atoms with Crippen LogP contribution in [0.4, 0.5) is 10.1 Å². The number of aryl methyl sites for hydroxylation is 2. The Balaban J connectivity index is 2.19. The Kier molecular flexibility index (Phi) is 3.96. The zero-order valence-electron chi connectivity index (χ0n) is 10.8. The van der Waals surface area contributed by atoms with Crippen LogP contribution in [0.25, 0.3) is 0 Å². The van der Waals surface area contributed by atoms with Gasteiger partial charge in [0.2, 0.25) is 0 Å². The van der Waals surface area contributed by atoms with Crippen LogP contribution in [-0.4, -0.2) is 0 Å². The van der Waals surface area contributed by atoms with E-state index in [1.54, 1.807) is 12.1 Å². The molecular weight excluding hydrogens is 265 g/mol. The molecule has 2 nitrogen and oxygen atoms in total. The first-order valence-corrected chi connectivity index (χ1v) is 6.28. The molecule has 0 aliphatic heterocycles. The van der Waals surface area contributed by atoms with Crippen molar-refractivity contribution in [2.24, 2.45) is 0 Å². The minimum atomic E-state index is -0.357. The number of rotatable bonds is 3. The van der Waals surface area contributed by atoms with Gasteiger partial charge in [-0.2, -0.15) is 0 Å². The van der Waals surface area contributed by atoms with Crippen molar-refractivity contribution in [1.29, 1.82) is 0 Å². The van der Waals surface area contributed by atoms with Crippen molar-refractivity contribution >= 4 is 17.3 Å². The summed E-state index contributed by atoms with van der Waals surface area (Å²) in [4.78, 5) is 0. The van der Waals surface area contributed by atoms with Gasteiger partial charge in [0.15, 0.2) is 0 Å². The summed E-state index contributed by atoms with van der Waals surface area (Å²) < 4.78 is 19.3. The van der Waals surface area contributed by atoms with Crippen LogP contribution in [0.15, 0.2) is 30.3 Å². The van der Waals surface area contributed by atoms with E-state index in [9.17, 15) is 4.39 Å². The van der Waals surface area contributed by atoms with Crippen LogP contribution < -0.4 is 10.5 Å². The molecule has 0 aliphatic carbocycles. The number of benzene rings is 2. The predicted octanol–water partition coefficient (Wildman–Crippen LogP) is 4.26. The van der Waals surface area contributed by atoms with Gasteiger partial charge in [0.1, 0.15) is 18.2 Å². The standard InChI is InChI=1S/C15H15ClFNO/c1-9-5-12(16)6-10(2)15(9)19-8-11-3-4-13(18)7-14(11)17/h3-7H,8,18H2,1-2H3. The summed E-state index contributed by atoms with van der Waals surface area (Å²) in [5, 5.41) is 0.668. The fourth-order valence-corrected chi connectivity index (χ4v) is 2.28. The molecule has 0 unspecified atom stereocenters. The summed E-state index contributed by atoms with van der Waals surface area (Å²) in [6, 6.07) is 8.22. The highest BCUT2D eigenvalue weighted by atomic mass is 35.5. The van der Waals surface area contributed by atoms with Gasteiger partial charge in [0, 0.05) is 16.3 Å². The molecule has 0 atom stereocenters. The van der Waals surface area contributed by atoms with E-state index in [-0.39, 0.29) is 12.4 Å². The predicted molar refractivity (Wildman–Crippen MR) is 76.1 cm³/mol. The lowest BCUT2D eigenvalue weighted by atomic mass is 10.1. The highest BCUT2D eigenvalue weighted by molar-refractivity contribution is 6.30. The Morgan fingerprint density at radius 1 is 1.16 bits per heavy atom. The highest BCUT2D eigenvalue weighted by Crippen LogP contribution is 2.28. The van der Waals surface area contributed by atoms with Gasteiger partial charge in [-0.1, -0.05) is 17.7 Å². The Hall–Kier alpha value is -1.74. The van der Waals surface area contributed by atoms with E-state index < -0.39 is 0 Å². The number of nitrogens with two attached hydrogens (primary N) is 1. The molecule has 4 heteroatoms. The van der Waals surface area contributed by atoms with Crippen LogP contribution in [0.3, 0.4) is 0 Å². The van der Waals surface area contributed by atoms with Crippen molar-refractivity contribution < 1.29 is 9.13 Å². The van der Waals surface area contributed by atoms with Gasteiger partial charge in [0.25, 0.3) is 0 Å². The number of ether oxygens (including phenoxy) is 1. The fraction of sp³-hybridized carbons (Fsp3) is 0.200. The minimum absolute atomic E-state index is 0.162. The van der Waals surface area contributed by atoms with Crippen LogP contribution >= 0.6 is 11.6 Å². The van der Waals surface area contributed by atoms with E-state index >= 15 is 0 Å². The van der Waals surface area contributed by atoms with E-state index in [2.05, 4.69) is 0 Å². The van der Waals surface area contributed by atoms with Crippen molar-refractivity contribution in [2.45, 2.75) is 20.5 Å². The molecule has 100 valence electrons. The average molecular weight is 280 g/mol. The van der Waals surface area contributed by atoms with Gasteiger partial charge >= 0.3 is 0 Å². The third-order valence-corrected chi connectivity index (χ3v) is 3.09. The molecule has 2 N–H and O–H groups in total. The van der Waals surface area contributed by atoms with Gasteiger partial charge < -0.3 is 10.5 Å². The minimum Gasteiger partial charge on any atom is -0.488 e. The number of anilines is 1. The second-order valence-electron chi connectivity index (χ2n) is 4.51. The molecule has 0 radical (unpaired) electrons. The largest absolute Gasteiger partial charge is 0.488 e. The Bertz CT molecular complexity index is 590. The molecule has 0 heterocycles. The third-order valence-electron chi connectivity index (χ3n) is 2.87. The first-order chi connectivity index (χ1) is 8.97. The van der Waals surface area contributed by atoms with Crippen LogP contribution in [0.2, 0.25) is 5.02 Å². The maximum Gasteiger partial charge on any atom is 0.131 e. The van der Waals surface area contributed by atoms with Crippen molar-refractivity contribution in [3.05, 3.63) is 57.9 Å². The quantitative estimate of drug-likeness (QED) is 0.852. The molecule has 0 aliphatic rings. The molecule has 2 aromatic carbocycles. The summed E-state index contributed by atoms with van der Waals surface area (Å²) in [6.45, 7) is 3.98. The molecule has 0 saturated carbocycles. The van der Waals surface area contributed by atoms with Crippen molar-refractivity contribution in [2.75, 3.05) is 5.73 Å². The molecule has 0 fully saturated rings. The normalized spacial score (nSPS) is 10.5. The lowest BCUT2D eigenvalue weighted by Gasteiger charge is -2.13. The van der Waals surface area contributed by atoms with Crippen LogP contribution in [0, 0.1) is 19.7 Å². The molecule has 0 bridgehead atoms. The zero-order chi connectivity index (χ0) is 14.0. The van der Waals surface area contributed by atoms with Crippen molar-refractivity contribution in [3.8, 4) is 5.75 Å². The smallest absolute Gasteiger partial charge is 0.131 e. The number of nitrogen functional groups attached to an aromatic ring is 1. The summed E-state index contributed by atoms with van der Waals surface area (Å²) in [5.41, 5.74) is 8.24. The lowest BCUT2D eigenvalue weighted by Crippen LogP contribution is -2.02. The number of hydrogen-bond acceptors (Lipinski definition) is 2. The summed E-state index contributed by atoms with van der Waals surface area (Å²) in [7, 11) is 0. The average Bonchev–Trinajstić information content (AvgIpc) is 2.30. The van der Waals surface area contributed by atoms with E-state index in [4.69, 9.17) is 22.1 Å². The Morgan fingerprint density at radius 2 is 1.79 bits per heavy atom. The molecular formula is C15H15ClFNO. The number of hydrogen-bond donors (Lipinski definition) is 1. The second-order valence-corrected chi connectivity index (χ2v) is 4.94. The van der Waals surface area contributed by atoms with E-state index in [1.165, 1.54) is 6.07 Å². The number of halogens is 2. The molecule has 19 heavy (non-hydrogen) atoms. The van der Waals surface area contributed by atoms with Gasteiger partial charge in [-0.15, -0.1) is 0 Å². The van der Waals surface area contributed by atoms with Gasteiger partial charge in [-0.25, -0.2) is 4.39 Å². The summed E-state index contributed by atoms with van der Waals surface area (Å²) >= 11 is 5.95. The van der Waals surface area contributed by atoms with Gasteiger partial charge in [-0.05, 0) is 49.2 Å². The van der Waals surface area contributed by atoms with Crippen LogP contribution in [0.5, 0.6) is 5.75 Å². The summed E-state index contributed by atoms with van der Waals surface area (Å²) in [5.74, 6) is 0.380. The van der Waals surface area contributed by atoms with E-state index in [0.29, 0.717) is 16.3 Å². The first-order valence-electron chi connectivity index (χ1n) is 5.91. The second kappa shape index (κ2) is 5.49. The van der Waals surface area contributed by atoms with Crippen molar-refractivity contribution in [3.63, 3.8) is 0 Å². The maximum atomic E-state index is 13.6. The monoisotopic (exact) mass is 279 g/mol. The van der Waals surface area contributed by atoms with Crippen LogP contribution in [-0.2, 0) is 6.61 Å². The molecule has 0 saturated heterocycles. The molecule has 0 amide bonds. The Labute approximate surface area is 117 Å². The fourth-order valence-electron chi connectivity index (χ4n) is 1.96. The zero-order valence-corrected chi connectivity index (χ0v) is 11.6. The van der Waals surface area contributed by atoms with Gasteiger partial charge in [0.05, 0.1) is 0 Å². The van der Waals surface area contributed by atoms with Crippen molar-refractivity contribution in [1.82, 2.24) is 0 Å². The molecule has 2 aromatic rings. The highest BCUT2D eigenvalue weighted by Gasteiger charge is 2.08. The first kappa shape index (κ1) is 13.7. The maximum absolute atomic E-state index is 13.6. The molecule has 0 aromatic heterocycles. The van der Waals surface area contributed by atoms with E-state index in [1.807, 2.05) is 26.0 Å². The molecule has 2 rings (SSSR count). The van der Waals surface area contributed by atoms with E-state index in [0.717, 1.165) is 16.9 Å². The van der Waals surface area contributed by atoms with Gasteiger partial charge in [-0.3, -0.25) is 0 Å². The third kappa shape index (κ3) is 3.18.